The number of hydrogen-bond acceptors (Lipinski definition) is 3. The quantitative estimate of drug-likeness (QED) is 0.829. The summed E-state index contributed by atoms with van der Waals surface area (Å²) >= 11 is 0. The van der Waals surface area contributed by atoms with E-state index < -0.39 is 0 Å². The van der Waals surface area contributed by atoms with Crippen LogP contribution in [0.1, 0.15) is 25.8 Å². The molecule has 1 aromatic rings. The number of amides is 1. The summed E-state index contributed by atoms with van der Waals surface area (Å²) in [4.78, 5) is 14.0. The summed E-state index contributed by atoms with van der Waals surface area (Å²) in [5.74, 6) is 0.211. The van der Waals surface area contributed by atoms with Gasteiger partial charge >= 0.3 is 0 Å². The van der Waals surface area contributed by atoms with Gasteiger partial charge in [0.15, 0.2) is 0 Å². The van der Waals surface area contributed by atoms with E-state index in [1.54, 1.807) is 4.68 Å². The van der Waals surface area contributed by atoms with Crippen LogP contribution in [-0.4, -0.2) is 39.2 Å². The molecule has 1 aliphatic rings. The Morgan fingerprint density at radius 3 is 2.94 bits per heavy atom. The van der Waals surface area contributed by atoms with E-state index in [-0.39, 0.29) is 11.9 Å². The summed E-state index contributed by atoms with van der Waals surface area (Å²) in [6.07, 6.45) is 4.67. The summed E-state index contributed by atoms with van der Waals surface area (Å²) in [6, 6.07) is 0.342. The molecule has 1 atom stereocenters. The highest BCUT2D eigenvalue weighted by Gasteiger charge is 2.31. The lowest BCUT2D eigenvalue weighted by atomic mass is 10.2. The fourth-order valence-electron chi connectivity index (χ4n) is 2.23. The fourth-order valence-corrected chi connectivity index (χ4v) is 2.23. The third kappa shape index (κ3) is 2.85. The highest BCUT2D eigenvalue weighted by molar-refractivity contribution is 5.83. The van der Waals surface area contributed by atoms with Gasteiger partial charge < -0.3 is 10.2 Å². The predicted molar refractivity (Wildman–Crippen MR) is 65.3 cm³/mol. The monoisotopic (exact) mass is 236 g/mol. The number of nitrogens with zero attached hydrogens (tertiary/aromatic N) is 3. The Morgan fingerprint density at radius 1 is 1.59 bits per heavy atom. The molecule has 0 saturated carbocycles. The summed E-state index contributed by atoms with van der Waals surface area (Å²) in [5.41, 5.74) is 1.09. The molecule has 0 aliphatic carbocycles. The van der Waals surface area contributed by atoms with Gasteiger partial charge in [0.25, 0.3) is 0 Å². The van der Waals surface area contributed by atoms with Gasteiger partial charge in [0.2, 0.25) is 5.91 Å². The Labute approximate surface area is 102 Å². The third-order valence-electron chi connectivity index (χ3n) is 2.96. The van der Waals surface area contributed by atoms with E-state index in [0.29, 0.717) is 12.6 Å². The van der Waals surface area contributed by atoms with Crippen LogP contribution in [0.4, 0.5) is 0 Å². The number of aryl methyl sites for hydroxylation is 1. The van der Waals surface area contributed by atoms with Crippen molar-refractivity contribution in [3.05, 3.63) is 18.0 Å². The molecule has 2 heterocycles. The smallest absolute Gasteiger partial charge is 0.240 e. The third-order valence-corrected chi connectivity index (χ3v) is 2.96. The maximum absolute atomic E-state index is 12.1. The zero-order valence-corrected chi connectivity index (χ0v) is 10.7. The van der Waals surface area contributed by atoms with Gasteiger partial charge in [-0.25, -0.2) is 0 Å². The molecule has 0 spiro atoms. The van der Waals surface area contributed by atoms with Crippen LogP contribution >= 0.6 is 0 Å². The molecule has 17 heavy (non-hydrogen) atoms. The standard InChI is InChI=1S/C12H20N4O/c1-9(2)14-11-4-5-16(12(11)17)8-10-6-13-15(3)7-10/h6-7,9,11,14H,4-5,8H2,1-3H3. The molecule has 5 heteroatoms. The summed E-state index contributed by atoms with van der Waals surface area (Å²) in [6.45, 7) is 5.63. The molecule has 0 aromatic carbocycles. The first-order chi connectivity index (χ1) is 8.06. The Kier molecular flexibility index (Phi) is 3.47. The molecule has 94 valence electrons. The van der Waals surface area contributed by atoms with E-state index in [2.05, 4.69) is 24.3 Å². The maximum atomic E-state index is 12.1. The van der Waals surface area contributed by atoms with Gasteiger partial charge in [0.05, 0.1) is 12.2 Å². The molecule has 1 aromatic heterocycles. The number of likely N-dealkylation sites (tertiary alicyclic amines) is 1. The fraction of sp³-hybridized carbons (Fsp3) is 0.667. The second-order valence-electron chi connectivity index (χ2n) is 4.94. The number of aromatic nitrogens is 2. The van der Waals surface area contributed by atoms with Crippen molar-refractivity contribution in [3.8, 4) is 0 Å². The Hall–Kier alpha value is -1.36. The van der Waals surface area contributed by atoms with E-state index >= 15 is 0 Å². The molecular weight excluding hydrogens is 216 g/mol. The lowest BCUT2D eigenvalue weighted by molar-refractivity contribution is -0.130. The first-order valence-corrected chi connectivity index (χ1v) is 6.08. The minimum Gasteiger partial charge on any atom is -0.337 e. The molecular formula is C12H20N4O. The molecule has 0 radical (unpaired) electrons. The van der Waals surface area contributed by atoms with Gasteiger partial charge in [-0.2, -0.15) is 5.10 Å². The van der Waals surface area contributed by atoms with E-state index in [1.165, 1.54) is 0 Å². The first kappa shape index (κ1) is 12.1. The van der Waals surface area contributed by atoms with Gasteiger partial charge in [-0.05, 0) is 6.42 Å². The van der Waals surface area contributed by atoms with Crippen molar-refractivity contribution in [1.29, 1.82) is 0 Å². The molecule has 0 bridgehead atoms. The van der Waals surface area contributed by atoms with Crippen LogP contribution in [0.2, 0.25) is 0 Å². The van der Waals surface area contributed by atoms with E-state index in [0.717, 1.165) is 18.5 Å². The molecule has 1 unspecified atom stereocenters. The van der Waals surface area contributed by atoms with Crippen molar-refractivity contribution >= 4 is 5.91 Å². The molecule has 1 N–H and O–H groups in total. The largest absolute Gasteiger partial charge is 0.337 e. The van der Waals surface area contributed by atoms with Crippen molar-refractivity contribution in [2.24, 2.45) is 7.05 Å². The second-order valence-corrected chi connectivity index (χ2v) is 4.94. The minimum absolute atomic E-state index is 0.00771. The van der Waals surface area contributed by atoms with Crippen molar-refractivity contribution in [2.45, 2.75) is 38.9 Å². The normalized spacial score (nSPS) is 20.6. The molecule has 1 aliphatic heterocycles. The molecule has 1 amide bonds. The van der Waals surface area contributed by atoms with Crippen LogP contribution < -0.4 is 5.32 Å². The van der Waals surface area contributed by atoms with Gasteiger partial charge in [0, 0.05) is 37.9 Å². The van der Waals surface area contributed by atoms with E-state index in [4.69, 9.17) is 0 Å². The van der Waals surface area contributed by atoms with Crippen LogP contribution in [0.5, 0.6) is 0 Å². The molecule has 2 rings (SSSR count). The maximum Gasteiger partial charge on any atom is 0.240 e. The summed E-state index contributed by atoms with van der Waals surface area (Å²) < 4.78 is 1.76. The van der Waals surface area contributed by atoms with Crippen molar-refractivity contribution < 1.29 is 4.79 Å². The lowest BCUT2D eigenvalue weighted by Gasteiger charge is -2.17. The second kappa shape index (κ2) is 4.87. The van der Waals surface area contributed by atoms with E-state index in [1.807, 2.05) is 24.3 Å². The van der Waals surface area contributed by atoms with Gasteiger partial charge in [0.1, 0.15) is 0 Å². The van der Waals surface area contributed by atoms with Crippen LogP contribution in [0.3, 0.4) is 0 Å². The number of nitrogens with one attached hydrogen (secondary N) is 1. The molecule has 1 saturated heterocycles. The highest BCUT2D eigenvalue weighted by atomic mass is 16.2. The van der Waals surface area contributed by atoms with Crippen LogP contribution in [0.15, 0.2) is 12.4 Å². The molecule has 1 fully saturated rings. The minimum atomic E-state index is -0.00771. The zero-order chi connectivity index (χ0) is 12.4. The average Bonchev–Trinajstić information content (AvgIpc) is 2.79. The van der Waals surface area contributed by atoms with Crippen molar-refractivity contribution in [2.75, 3.05) is 6.54 Å². The molecule has 5 nitrogen and oxygen atoms in total. The van der Waals surface area contributed by atoms with E-state index in [9.17, 15) is 4.79 Å². The SMILES string of the molecule is CC(C)NC1CCN(Cc2cnn(C)c2)C1=O. The first-order valence-electron chi connectivity index (χ1n) is 6.08. The van der Waals surface area contributed by atoms with Crippen LogP contribution in [-0.2, 0) is 18.4 Å². The Bertz CT molecular complexity index is 399. The number of carbonyl (C=O) groups is 1. The van der Waals surface area contributed by atoms with Crippen LogP contribution in [0.25, 0.3) is 0 Å². The number of carbonyl (C=O) groups excluding carboxylic acids is 1. The Balaban J connectivity index is 1.93. The summed E-state index contributed by atoms with van der Waals surface area (Å²) in [5, 5.41) is 7.41. The van der Waals surface area contributed by atoms with Crippen molar-refractivity contribution in [3.63, 3.8) is 0 Å². The van der Waals surface area contributed by atoms with Crippen LogP contribution in [0, 0.1) is 0 Å². The zero-order valence-electron chi connectivity index (χ0n) is 10.7. The topological polar surface area (TPSA) is 50.2 Å². The van der Waals surface area contributed by atoms with Gasteiger partial charge in [-0.15, -0.1) is 0 Å². The van der Waals surface area contributed by atoms with Crippen molar-refractivity contribution in [1.82, 2.24) is 20.0 Å². The number of rotatable bonds is 4. The van der Waals surface area contributed by atoms with Gasteiger partial charge in [-0.1, -0.05) is 13.8 Å². The predicted octanol–water partition coefficient (Wildman–Crippen LogP) is 0.519. The summed E-state index contributed by atoms with van der Waals surface area (Å²) in [7, 11) is 1.89. The van der Waals surface area contributed by atoms with Gasteiger partial charge in [-0.3, -0.25) is 9.48 Å². The average molecular weight is 236 g/mol. The highest BCUT2D eigenvalue weighted by Crippen LogP contribution is 2.15. The number of hydrogen-bond donors (Lipinski definition) is 1. The lowest BCUT2D eigenvalue weighted by Crippen LogP contribution is -2.41. The Morgan fingerprint density at radius 2 is 2.35 bits per heavy atom.